The van der Waals surface area contributed by atoms with Crippen LogP contribution >= 0.6 is 0 Å². The van der Waals surface area contributed by atoms with Gasteiger partial charge in [-0.15, -0.1) is 0 Å². The lowest BCUT2D eigenvalue weighted by Crippen LogP contribution is -2.58. The summed E-state index contributed by atoms with van der Waals surface area (Å²) in [6.07, 6.45) is 3.69. The molecule has 0 radical (unpaired) electrons. The van der Waals surface area contributed by atoms with Gasteiger partial charge in [-0.3, -0.25) is 9.69 Å². The zero-order valence-electron chi connectivity index (χ0n) is 12.6. The summed E-state index contributed by atoms with van der Waals surface area (Å²) in [5.41, 5.74) is -0.963. The lowest BCUT2D eigenvalue weighted by Gasteiger charge is -2.36. The second kappa shape index (κ2) is 7.28. The van der Waals surface area contributed by atoms with E-state index < -0.39 is 11.6 Å². The van der Waals surface area contributed by atoms with E-state index in [1.54, 1.807) is 13.2 Å². The summed E-state index contributed by atoms with van der Waals surface area (Å²) in [6, 6.07) is 0. The molecular weight excluding hydrogens is 260 g/mol. The Morgan fingerprint density at radius 2 is 2.10 bits per heavy atom. The van der Waals surface area contributed by atoms with Gasteiger partial charge in [0.15, 0.2) is 0 Å². The Hall–Kier alpha value is -1.56. The first-order chi connectivity index (χ1) is 9.47. The maximum atomic E-state index is 12.5. The summed E-state index contributed by atoms with van der Waals surface area (Å²) in [6.45, 7) is 5.28. The van der Waals surface area contributed by atoms with Crippen LogP contribution in [0.15, 0.2) is 12.2 Å². The van der Waals surface area contributed by atoms with Crippen LogP contribution in [0.3, 0.4) is 0 Å². The van der Waals surface area contributed by atoms with E-state index in [0.717, 1.165) is 0 Å². The van der Waals surface area contributed by atoms with Gasteiger partial charge < -0.3 is 14.8 Å². The predicted octanol–water partition coefficient (Wildman–Crippen LogP) is 1.17. The molecule has 1 unspecified atom stereocenters. The molecule has 0 aromatic heterocycles. The SMILES string of the molecule is COCCNC(=O)C1(CC(C)C)C=CCN1C(=O)OC. The molecule has 0 aromatic carbocycles. The van der Waals surface area contributed by atoms with E-state index in [9.17, 15) is 9.59 Å². The molecule has 6 nitrogen and oxygen atoms in total. The van der Waals surface area contributed by atoms with Crippen molar-refractivity contribution in [3.05, 3.63) is 12.2 Å². The molecule has 1 atom stereocenters. The number of rotatable bonds is 6. The van der Waals surface area contributed by atoms with Crippen molar-refractivity contribution in [1.29, 1.82) is 0 Å². The number of hydrogen-bond donors (Lipinski definition) is 1. The van der Waals surface area contributed by atoms with Gasteiger partial charge >= 0.3 is 6.09 Å². The molecule has 0 aliphatic carbocycles. The fourth-order valence-electron chi connectivity index (χ4n) is 2.46. The average molecular weight is 284 g/mol. The van der Waals surface area contributed by atoms with Crippen molar-refractivity contribution in [2.45, 2.75) is 25.8 Å². The number of amides is 2. The Morgan fingerprint density at radius 3 is 2.65 bits per heavy atom. The van der Waals surface area contributed by atoms with Gasteiger partial charge in [0.25, 0.3) is 0 Å². The lowest BCUT2D eigenvalue weighted by molar-refractivity contribution is -0.130. The van der Waals surface area contributed by atoms with Crippen LogP contribution in [0.5, 0.6) is 0 Å². The maximum Gasteiger partial charge on any atom is 0.410 e. The van der Waals surface area contributed by atoms with Crippen molar-refractivity contribution in [1.82, 2.24) is 10.2 Å². The first kappa shape index (κ1) is 16.5. The fourth-order valence-corrected chi connectivity index (χ4v) is 2.46. The topological polar surface area (TPSA) is 67.9 Å². The minimum absolute atomic E-state index is 0.192. The van der Waals surface area contributed by atoms with Crippen molar-refractivity contribution in [3.63, 3.8) is 0 Å². The molecule has 1 heterocycles. The van der Waals surface area contributed by atoms with Gasteiger partial charge in [-0.2, -0.15) is 0 Å². The minimum Gasteiger partial charge on any atom is -0.453 e. The third-order valence-corrected chi connectivity index (χ3v) is 3.26. The van der Waals surface area contributed by atoms with Gasteiger partial charge in [0.1, 0.15) is 5.54 Å². The normalized spacial score (nSPS) is 21.4. The second-order valence-electron chi connectivity index (χ2n) is 5.25. The monoisotopic (exact) mass is 284 g/mol. The molecule has 1 N–H and O–H groups in total. The van der Waals surface area contributed by atoms with E-state index in [0.29, 0.717) is 26.1 Å². The molecular formula is C14H24N2O4. The van der Waals surface area contributed by atoms with Gasteiger partial charge in [-0.25, -0.2) is 4.79 Å². The number of ether oxygens (including phenoxy) is 2. The summed E-state index contributed by atoms with van der Waals surface area (Å²) in [5, 5.41) is 2.82. The van der Waals surface area contributed by atoms with Crippen molar-refractivity contribution in [3.8, 4) is 0 Å². The first-order valence-electron chi connectivity index (χ1n) is 6.78. The summed E-state index contributed by atoms with van der Waals surface area (Å²) in [7, 11) is 2.90. The number of carbonyl (C=O) groups is 2. The number of methoxy groups -OCH3 is 2. The molecule has 0 spiro atoms. The van der Waals surface area contributed by atoms with Crippen LogP contribution < -0.4 is 5.32 Å². The van der Waals surface area contributed by atoms with Crippen LogP contribution in [-0.4, -0.2) is 56.4 Å². The Balaban J connectivity index is 2.93. The minimum atomic E-state index is -0.963. The van der Waals surface area contributed by atoms with Gasteiger partial charge in [0.05, 0.1) is 13.7 Å². The highest BCUT2D eigenvalue weighted by atomic mass is 16.5. The average Bonchev–Trinajstić information content (AvgIpc) is 2.82. The summed E-state index contributed by atoms with van der Waals surface area (Å²) in [4.78, 5) is 25.9. The van der Waals surface area contributed by atoms with Crippen LogP contribution in [0.1, 0.15) is 20.3 Å². The smallest absolute Gasteiger partial charge is 0.410 e. The third-order valence-electron chi connectivity index (χ3n) is 3.26. The third kappa shape index (κ3) is 3.50. The Kier molecular flexibility index (Phi) is 6.01. The van der Waals surface area contributed by atoms with E-state index in [4.69, 9.17) is 9.47 Å². The summed E-state index contributed by atoms with van der Waals surface area (Å²) in [5.74, 6) is 0.0699. The summed E-state index contributed by atoms with van der Waals surface area (Å²) < 4.78 is 9.72. The van der Waals surface area contributed by atoms with E-state index in [-0.39, 0.29) is 11.8 Å². The molecule has 1 aliphatic heterocycles. The van der Waals surface area contributed by atoms with E-state index >= 15 is 0 Å². The van der Waals surface area contributed by atoms with E-state index in [2.05, 4.69) is 5.32 Å². The van der Waals surface area contributed by atoms with E-state index in [1.807, 2.05) is 19.9 Å². The Morgan fingerprint density at radius 1 is 1.40 bits per heavy atom. The predicted molar refractivity (Wildman–Crippen MR) is 75.3 cm³/mol. The molecule has 114 valence electrons. The first-order valence-corrected chi connectivity index (χ1v) is 6.78. The molecule has 0 saturated carbocycles. The van der Waals surface area contributed by atoms with Crippen LogP contribution in [-0.2, 0) is 14.3 Å². The second-order valence-corrected chi connectivity index (χ2v) is 5.25. The molecule has 20 heavy (non-hydrogen) atoms. The molecule has 2 amide bonds. The van der Waals surface area contributed by atoms with Gasteiger partial charge in [-0.1, -0.05) is 26.0 Å². The molecule has 6 heteroatoms. The highest BCUT2D eigenvalue weighted by Gasteiger charge is 2.47. The van der Waals surface area contributed by atoms with Crippen molar-refractivity contribution < 1.29 is 19.1 Å². The quantitative estimate of drug-likeness (QED) is 0.587. The highest BCUT2D eigenvalue weighted by Crippen LogP contribution is 2.31. The summed E-state index contributed by atoms with van der Waals surface area (Å²) >= 11 is 0. The standard InChI is InChI=1S/C14H24N2O4/c1-11(2)10-14(12(17)15-7-9-19-3)6-5-8-16(14)13(18)20-4/h5-6,11H,7-10H2,1-4H3,(H,15,17). The maximum absolute atomic E-state index is 12.5. The number of nitrogens with zero attached hydrogens (tertiary/aromatic N) is 1. The van der Waals surface area contributed by atoms with Crippen molar-refractivity contribution in [2.24, 2.45) is 5.92 Å². The van der Waals surface area contributed by atoms with Crippen LogP contribution in [0, 0.1) is 5.92 Å². The zero-order valence-corrected chi connectivity index (χ0v) is 12.6. The molecule has 0 fully saturated rings. The number of nitrogens with one attached hydrogen (secondary N) is 1. The van der Waals surface area contributed by atoms with Crippen LogP contribution in [0.2, 0.25) is 0 Å². The largest absolute Gasteiger partial charge is 0.453 e. The van der Waals surface area contributed by atoms with Crippen molar-refractivity contribution in [2.75, 3.05) is 33.9 Å². The van der Waals surface area contributed by atoms with Gasteiger partial charge in [0.2, 0.25) is 5.91 Å². The Labute approximate surface area is 120 Å². The van der Waals surface area contributed by atoms with Crippen LogP contribution in [0.4, 0.5) is 4.79 Å². The fraction of sp³-hybridized carbons (Fsp3) is 0.714. The number of hydrogen-bond acceptors (Lipinski definition) is 4. The van der Waals surface area contributed by atoms with E-state index in [1.165, 1.54) is 12.0 Å². The lowest BCUT2D eigenvalue weighted by atomic mass is 9.87. The molecule has 0 bridgehead atoms. The highest BCUT2D eigenvalue weighted by molar-refractivity contribution is 5.93. The Bertz CT molecular complexity index is 381. The van der Waals surface area contributed by atoms with Crippen LogP contribution in [0.25, 0.3) is 0 Å². The van der Waals surface area contributed by atoms with Gasteiger partial charge in [0, 0.05) is 20.2 Å². The molecule has 0 aromatic rings. The molecule has 1 rings (SSSR count). The zero-order chi connectivity index (χ0) is 15.2. The molecule has 1 aliphatic rings. The molecule has 0 saturated heterocycles. The van der Waals surface area contributed by atoms with Crippen molar-refractivity contribution >= 4 is 12.0 Å². The van der Waals surface area contributed by atoms with Gasteiger partial charge in [-0.05, 0) is 12.3 Å². The number of carbonyl (C=O) groups excluding carboxylic acids is 2.